The number of hydrogen-bond acceptors (Lipinski definition) is 5. The van der Waals surface area contributed by atoms with E-state index in [-0.39, 0.29) is 12.6 Å². The molecule has 1 fully saturated rings. The molecule has 1 heterocycles. The molecule has 1 atom stereocenters. The minimum Gasteiger partial charge on any atom is -0.465 e. The van der Waals surface area contributed by atoms with E-state index in [9.17, 15) is 13.2 Å². The van der Waals surface area contributed by atoms with E-state index in [1.807, 2.05) is 0 Å². The van der Waals surface area contributed by atoms with Gasteiger partial charge in [-0.1, -0.05) is 6.42 Å². The van der Waals surface area contributed by atoms with Crippen molar-refractivity contribution in [3.05, 3.63) is 0 Å². The van der Waals surface area contributed by atoms with Crippen LogP contribution < -0.4 is 5.32 Å². The lowest BCUT2D eigenvalue weighted by Crippen LogP contribution is -2.45. The van der Waals surface area contributed by atoms with Crippen LogP contribution in [0.5, 0.6) is 0 Å². The first-order valence-corrected chi connectivity index (χ1v) is 7.89. The minimum absolute atomic E-state index is 0.181. The maximum Gasteiger partial charge on any atom is 0.322 e. The van der Waals surface area contributed by atoms with Crippen molar-refractivity contribution in [3.63, 3.8) is 0 Å². The summed E-state index contributed by atoms with van der Waals surface area (Å²) < 4.78 is 29.7. The number of carbonyl (C=O) groups excluding carboxylic acids is 1. The van der Waals surface area contributed by atoms with E-state index in [4.69, 9.17) is 0 Å². The molecule has 0 aromatic rings. The summed E-state index contributed by atoms with van der Waals surface area (Å²) in [5, 5.41) is 3.28. The lowest BCUT2D eigenvalue weighted by molar-refractivity contribution is -0.140. The van der Waals surface area contributed by atoms with Crippen LogP contribution in [-0.4, -0.2) is 57.2 Å². The summed E-state index contributed by atoms with van der Waals surface area (Å²) in [6, 6.07) is 0.181. The third-order valence-electron chi connectivity index (χ3n) is 2.97. The van der Waals surface area contributed by atoms with Gasteiger partial charge in [0.15, 0.2) is 5.75 Å². The molecular weight excluding hydrogens is 256 g/mol. The van der Waals surface area contributed by atoms with E-state index in [1.54, 1.807) is 6.92 Å². The van der Waals surface area contributed by atoms with Gasteiger partial charge in [-0.3, -0.25) is 4.79 Å². The van der Waals surface area contributed by atoms with Gasteiger partial charge in [-0.2, -0.15) is 0 Å². The Morgan fingerprint density at radius 2 is 2.17 bits per heavy atom. The number of carbonyl (C=O) groups is 1. The Labute approximate surface area is 109 Å². The standard InChI is InChI=1S/C11H22N2O4S/c1-3-17-11(14)9-18(15,16)13(2)8-10-6-4-5-7-12-10/h10,12H,3-9H2,1-2H3. The van der Waals surface area contributed by atoms with Crippen molar-refractivity contribution in [2.75, 3.05) is 32.5 Å². The molecule has 0 saturated carbocycles. The van der Waals surface area contributed by atoms with Gasteiger partial charge in [-0.05, 0) is 26.3 Å². The van der Waals surface area contributed by atoms with E-state index in [2.05, 4.69) is 10.1 Å². The van der Waals surface area contributed by atoms with Crippen LogP contribution in [-0.2, 0) is 19.6 Å². The van der Waals surface area contributed by atoms with Gasteiger partial charge in [0.05, 0.1) is 6.61 Å². The quantitative estimate of drug-likeness (QED) is 0.690. The number of ether oxygens (including phenoxy) is 1. The van der Waals surface area contributed by atoms with Crippen LogP contribution in [0, 0.1) is 0 Å². The van der Waals surface area contributed by atoms with Crippen LogP contribution >= 0.6 is 0 Å². The number of likely N-dealkylation sites (N-methyl/N-ethyl adjacent to an activating group) is 1. The maximum absolute atomic E-state index is 11.9. The first-order valence-electron chi connectivity index (χ1n) is 6.28. The van der Waals surface area contributed by atoms with Crippen LogP contribution in [0.2, 0.25) is 0 Å². The molecule has 0 aromatic heterocycles. The molecule has 106 valence electrons. The average molecular weight is 278 g/mol. The van der Waals surface area contributed by atoms with E-state index in [1.165, 1.54) is 11.4 Å². The third kappa shape index (κ3) is 4.91. The fourth-order valence-corrected chi connectivity index (χ4v) is 2.97. The topological polar surface area (TPSA) is 75.7 Å². The zero-order valence-electron chi connectivity index (χ0n) is 11.0. The molecule has 0 amide bonds. The predicted molar refractivity (Wildman–Crippen MR) is 68.7 cm³/mol. The minimum atomic E-state index is -3.56. The van der Waals surface area contributed by atoms with Gasteiger partial charge in [0.1, 0.15) is 0 Å². The highest BCUT2D eigenvalue weighted by molar-refractivity contribution is 7.89. The number of nitrogens with one attached hydrogen (secondary N) is 1. The molecule has 1 N–H and O–H groups in total. The normalized spacial score (nSPS) is 20.9. The Bertz CT molecular complexity index is 363. The Balaban J connectivity index is 2.47. The predicted octanol–water partition coefficient (Wildman–Crippen LogP) is -0.0468. The smallest absolute Gasteiger partial charge is 0.322 e. The fourth-order valence-electron chi connectivity index (χ4n) is 1.97. The summed E-state index contributed by atoms with van der Waals surface area (Å²) in [5.74, 6) is -1.27. The van der Waals surface area contributed by atoms with Crippen LogP contribution in [0.25, 0.3) is 0 Å². The molecule has 7 heteroatoms. The molecule has 1 aliphatic rings. The van der Waals surface area contributed by atoms with Crippen molar-refractivity contribution in [2.45, 2.75) is 32.2 Å². The van der Waals surface area contributed by atoms with Crippen molar-refractivity contribution < 1.29 is 17.9 Å². The summed E-state index contributed by atoms with van der Waals surface area (Å²) in [4.78, 5) is 11.2. The SMILES string of the molecule is CCOC(=O)CS(=O)(=O)N(C)CC1CCCCN1. The summed E-state index contributed by atoms with van der Waals surface area (Å²) in [6.07, 6.45) is 3.22. The van der Waals surface area contributed by atoms with Crippen molar-refractivity contribution in [1.29, 1.82) is 0 Å². The van der Waals surface area contributed by atoms with Gasteiger partial charge in [-0.15, -0.1) is 0 Å². The van der Waals surface area contributed by atoms with Gasteiger partial charge in [0, 0.05) is 19.6 Å². The Kier molecular flexibility index (Phi) is 6.04. The lowest BCUT2D eigenvalue weighted by Gasteiger charge is -2.27. The number of rotatable bonds is 6. The van der Waals surface area contributed by atoms with E-state index in [0.717, 1.165) is 25.8 Å². The highest BCUT2D eigenvalue weighted by atomic mass is 32.2. The van der Waals surface area contributed by atoms with E-state index >= 15 is 0 Å². The molecule has 0 aliphatic carbocycles. The van der Waals surface area contributed by atoms with Gasteiger partial charge in [-0.25, -0.2) is 12.7 Å². The fraction of sp³-hybridized carbons (Fsp3) is 0.909. The summed E-state index contributed by atoms with van der Waals surface area (Å²) >= 11 is 0. The molecular formula is C11H22N2O4S. The molecule has 0 spiro atoms. The Hall–Kier alpha value is -0.660. The van der Waals surface area contributed by atoms with Crippen LogP contribution in [0.1, 0.15) is 26.2 Å². The molecule has 0 radical (unpaired) electrons. The zero-order valence-corrected chi connectivity index (χ0v) is 11.8. The average Bonchev–Trinajstić information content (AvgIpc) is 2.29. The second-order valence-electron chi connectivity index (χ2n) is 4.49. The summed E-state index contributed by atoms with van der Waals surface area (Å²) in [5.41, 5.74) is 0. The van der Waals surface area contributed by atoms with E-state index in [0.29, 0.717) is 6.54 Å². The van der Waals surface area contributed by atoms with Gasteiger partial charge >= 0.3 is 5.97 Å². The monoisotopic (exact) mass is 278 g/mol. The molecule has 1 saturated heterocycles. The molecule has 6 nitrogen and oxygen atoms in total. The number of sulfonamides is 1. The highest BCUT2D eigenvalue weighted by Gasteiger charge is 2.25. The van der Waals surface area contributed by atoms with Crippen LogP contribution in [0.3, 0.4) is 0 Å². The van der Waals surface area contributed by atoms with Crippen molar-refractivity contribution in [2.24, 2.45) is 0 Å². The molecule has 0 aromatic carbocycles. The number of esters is 1. The van der Waals surface area contributed by atoms with Crippen molar-refractivity contribution in [3.8, 4) is 0 Å². The second-order valence-corrected chi connectivity index (χ2v) is 6.56. The second kappa shape index (κ2) is 7.06. The molecule has 1 rings (SSSR count). The van der Waals surface area contributed by atoms with Crippen molar-refractivity contribution in [1.82, 2.24) is 9.62 Å². The van der Waals surface area contributed by atoms with E-state index < -0.39 is 21.7 Å². The number of piperidine rings is 1. The first kappa shape index (κ1) is 15.4. The van der Waals surface area contributed by atoms with Crippen molar-refractivity contribution >= 4 is 16.0 Å². The van der Waals surface area contributed by atoms with Crippen LogP contribution in [0.15, 0.2) is 0 Å². The van der Waals surface area contributed by atoms with Gasteiger partial charge in [0.25, 0.3) is 0 Å². The maximum atomic E-state index is 11.9. The lowest BCUT2D eigenvalue weighted by atomic mass is 10.1. The Morgan fingerprint density at radius 1 is 1.44 bits per heavy atom. The molecule has 0 bridgehead atoms. The summed E-state index contributed by atoms with van der Waals surface area (Å²) in [6.45, 7) is 3.18. The van der Waals surface area contributed by atoms with Gasteiger partial charge < -0.3 is 10.1 Å². The highest BCUT2D eigenvalue weighted by Crippen LogP contribution is 2.10. The molecule has 1 unspecified atom stereocenters. The first-order chi connectivity index (χ1) is 8.45. The Morgan fingerprint density at radius 3 is 2.72 bits per heavy atom. The van der Waals surface area contributed by atoms with Crippen LogP contribution in [0.4, 0.5) is 0 Å². The number of hydrogen-bond donors (Lipinski definition) is 1. The third-order valence-corrected chi connectivity index (χ3v) is 4.67. The van der Waals surface area contributed by atoms with Gasteiger partial charge in [0.2, 0.25) is 10.0 Å². The largest absolute Gasteiger partial charge is 0.465 e. The summed E-state index contributed by atoms with van der Waals surface area (Å²) in [7, 11) is -2.06. The molecule has 1 aliphatic heterocycles. The zero-order chi connectivity index (χ0) is 13.6. The molecule has 18 heavy (non-hydrogen) atoms. The number of nitrogens with zero attached hydrogens (tertiary/aromatic N) is 1.